The Balaban J connectivity index is 2.45. The highest BCUT2D eigenvalue weighted by molar-refractivity contribution is 7.89. The van der Waals surface area contributed by atoms with E-state index < -0.39 is 38.3 Å². The van der Waals surface area contributed by atoms with Crippen LogP contribution in [0.4, 0.5) is 14.5 Å². The molecule has 2 rings (SSSR count). The summed E-state index contributed by atoms with van der Waals surface area (Å²) in [5.74, 6) is -2.20. The summed E-state index contributed by atoms with van der Waals surface area (Å²) in [6, 6.07) is 1.19. The minimum Gasteiger partial charge on any atom is -0.396 e. The van der Waals surface area contributed by atoms with Crippen molar-refractivity contribution in [3.05, 3.63) is 23.8 Å². The fourth-order valence-corrected chi connectivity index (χ4v) is 3.38. The van der Waals surface area contributed by atoms with E-state index in [4.69, 9.17) is 5.73 Å². The van der Waals surface area contributed by atoms with Crippen LogP contribution in [0.1, 0.15) is 6.42 Å². The van der Waals surface area contributed by atoms with Gasteiger partial charge in [-0.3, -0.25) is 0 Å². The molecule has 0 amide bonds. The van der Waals surface area contributed by atoms with Gasteiger partial charge in [0.1, 0.15) is 16.5 Å². The molecule has 1 aliphatic rings. The fraction of sp³-hybridized carbons (Fsp3) is 0.400. The molecule has 0 bridgehead atoms. The van der Waals surface area contributed by atoms with Crippen LogP contribution in [-0.4, -0.2) is 37.0 Å². The summed E-state index contributed by atoms with van der Waals surface area (Å²) in [4.78, 5) is -0.671. The number of nitrogens with zero attached hydrogens (tertiary/aromatic N) is 1. The van der Waals surface area contributed by atoms with Gasteiger partial charge in [0.25, 0.3) is 0 Å². The number of nitrogen functional groups attached to an aromatic ring is 1. The van der Waals surface area contributed by atoms with E-state index in [2.05, 4.69) is 0 Å². The lowest BCUT2D eigenvalue weighted by Crippen LogP contribution is -2.30. The number of halogens is 2. The van der Waals surface area contributed by atoms with Crippen LogP contribution in [0.3, 0.4) is 0 Å². The molecule has 0 aromatic heterocycles. The van der Waals surface area contributed by atoms with Crippen LogP contribution < -0.4 is 5.73 Å². The van der Waals surface area contributed by atoms with Crippen LogP contribution in [-0.2, 0) is 10.0 Å². The lowest BCUT2D eigenvalue weighted by molar-refractivity contribution is 0.189. The second-order valence-electron chi connectivity index (χ2n) is 4.11. The Hall–Kier alpha value is -1.25. The molecule has 0 saturated carbocycles. The number of anilines is 1. The molecule has 3 N–H and O–H groups in total. The zero-order chi connectivity index (χ0) is 13.5. The third kappa shape index (κ3) is 2.18. The van der Waals surface area contributed by atoms with Gasteiger partial charge in [-0.2, -0.15) is 4.31 Å². The molecule has 0 radical (unpaired) electrons. The highest BCUT2D eigenvalue weighted by Gasteiger charge is 2.33. The van der Waals surface area contributed by atoms with Crippen LogP contribution in [0.15, 0.2) is 17.0 Å². The van der Waals surface area contributed by atoms with E-state index in [9.17, 15) is 22.3 Å². The monoisotopic (exact) mass is 278 g/mol. The first kappa shape index (κ1) is 13.2. The molecule has 0 aliphatic carbocycles. The summed E-state index contributed by atoms with van der Waals surface area (Å²) < 4.78 is 51.6. The Bertz CT molecular complexity index is 577. The van der Waals surface area contributed by atoms with E-state index in [0.29, 0.717) is 6.07 Å². The number of aliphatic hydroxyl groups excluding tert-OH is 1. The van der Waals surface area contributed by atoms with Crippen LogP contribution in [0.25, 0.3) is 0 Å². The SMILES string of the molecule is Nc1cc(S(=O)(=O)N2CC[C@H](O)C2)c(F)cc1F. The summed E-state index contributed by atoms with van der Waals surface area (Å²) in [6.07, 6.45) is -0.474. The first-order valence-electron chi connectivity index (χ1n) is 5.25. The Morgan fingerprint density at radius 2 is 2.00 bits per heavy atom. The van der Waals surface area contributed by atoms with Gasteiger partial charge >= 0.3 is 0 Å². The molecule has 1 aromatic carbocycles. The Morgan fingerprint density at radius 1 is 1.33 bits per heavy atom. The molecule has 8 heteroatoms. The van der Waals surface area contributed by atoms with E-state index in [1.807, 2.05) is 0 Å². The summed E-state index contributed by atoms with van der Waals surface area (Å²) in [5.41, 5.74) is 4.80. The van der Waals surface area contributed by atoms with E-state index in [1.165, 1.54) is 0 Å². The number of nitrogens with two attached hydrogens (primary N) is 1. The van der Waals surface area contributed by atoms with Crippen molar-refractivity contribution in [2.75, 3.05) is 18.8 Å². The molecule has 1 saturated heterocycles. The van der Waals surface area contributed by atoms with Crippen molar-refractivity contribution in [2.45, 2.75) is 17.4 Å². The Labute approximate surface area is 103 Å². The van der Waals surface area contributed by atoms with Gasteiger partial charge in [0.2, 0.25) is 10.0 Å². The molecular formula is C10H12F2N2O3S. The maximum atomic E-state index is 13.5. The van der Waals surface area contributed by atoms with Gasteiger partial charge in [0.15, 0.2) is 0 Å². The smallest absolute Gasteiger partial charge is 0.246 e. The van der Waals surface area contributed by atoms with Crippen molar-refractivity contribution in [1.29, 1.82) is 0 Å². The molecule has 0 spiro atoms. The van der Waals surface area contributed by atoms with Crippen molar-refractivity contribution in [3.63, 3.8) is 0 Å². The lowest BCUT2D eigenvalue weighted by Gasteiger charge is -2.16. The highest BCUT2D eigenvalue weighted by Crippen LogP contribution is 2.26. The summed E-state index contributed by atoms with van der Waals surface area (Å²) in [6.45, 7) is -0.000719. The first-order valence-corrected chi connectivity index (χ1v) is 6.69. The number of hydrogen-bond acceptors (Lipinski definition) is 4. The summed E-state index contributed by atoms with van der Waals surface area (Å²) >= 11 is 0. The van der Waals surface area contributed by atoms with Crippen LogP contribution in [0, 0.1) is 11.6 Å². The number of rotatable bonds is 2. The van der Waals surface area contributed by atoms with Gasteiger partial charge in [-0.15, -0.1) is 0 Å². The zero-order valence-electron chi connectivity index (χ0n) is 9.31. The quantitative estimate of drug-likeness (QED) is 0.762. The Kier molecular flexibility index (Phi) is 3.26. The molecule has 100 valence electrons. The van der Waals surface area contributed by atoms with Crippen molar-refractivity contribution in [3.8, 4) is 0 Å². The van der Waals surface area contributed by atoms with Gasteiger partial charge in [-0.05, 0) is 12.5 Å². The molecule has 1 heterocycles. The zero-order valence-corrected chi connectivity index (χ0v) is 10.1. The molecule has 1 atom stereocenters. The number of aliphatic hydroxyl groups is 1. The normalized spacial score (nSPS) is 21.4. The van der Waals surface area contributed by atoms with Gasteiger partial charge in [-0.25, -0.2) is 17.2 Å². The molecule has 0 unspecified atom stereocenters. The largest absolute Gasteiger partial charge is 0.396 e. The second kappa shape index (κ2) is 4.45. The fourth-order valence-electron chi connectivity index (χ4n) is 1.81. The second-order valence-corrected chi connectivity index (χ2v) is 6.02. The van der Waals surface area contributed by atoms with Crippen molar-refractivity contribution in [1.82, 2.24) is 4.31 Å². The van der Waals surface area contributed by atoms with Gasteiger partial charge in [-0.1, -0.05) is 0 Å². The minimum absolute atomic E-state index is 0.0974. The predicted octanol–water partition coefficient (Wildman–Crippen LogP) is 0.302. The van der Waals surface area contributed by atoms with Gasteiger partial charge in [0, 0.05) is 19.2 Å². The van der Waals surface area contributed by atoms with Crippen molar-refractivity contribution < 1.29 is 22.3 Å². The third-order valence-electron chi connectivity index (χ3n) is 2.80. The number of benzene rings is 1. The standard InChI is InChI=1S/C10H12F2N2O3S/c11-7-3-8(12)10(4-9(7)13)18(16,17)14-2-1-6(15)5-14/h3-4,6,15H,1-2,5,13H2/t6-/m0/s1. The first-order chi connectivity index (χ1) is 8.32. The van der Waals surface area contributed by atoms with E-state index >= 15 is 0 Å². The topological polar surface area (TPSA) is 83.6 Å². The van der Waals surface area contributed by atoms with Crippen LogP contribution in [0.5, 0.6) is 0 Å². The molecular weight excluding hydrogens is 266 g/mol. The molecule has 1 aromatic rings. The third-order valence-corrected chi connectivity index (χ3v) is 4.68. The average Bonchev–Trinajstić information content (AvgIpc) is 2.70. The molecule has 18 heavy (non-hydrogen) atoms. The Morgan fingerprint density at radius 3 is 2.56 bits per heavy atom. The number of β-amino-alcohol motifs (C(OH)–C–C–N with tert-alkyl or cyclic N) is 1. The van der Waals surface area contributed by atoms with Crippen molar-refractivity contribution in [2.24, 2.45) is 0 Å². The van der Waals surface area contributed by atoms with E-state index in [1.54, 1.807) is 0 Å². The van der Waals surface area contributed by atoms with E-state index in [-0.39, 0.29) is 19.5 Å². The lowest BCUT2D eigenvalue weighted by atomic mass is 10.3. The minimum atomic E-state index is -4.09. The summed E-state index contributed by atoms with van der Waals surface area (Å²) in [5, 5.41) is 9.29. The van der Waals surface area contributed by atoms with Gasteiger partial charge in [0.05, 0.1) is 11.8 Å². The van der Waals surface area contributed by atoms with Crippen LogP contribution in [0.2, 0.25) is 0 Å². The molecule has 5 nitrogen and oxygen atoms in total. The van der Waals surface area contributed by atoms with E-state index in [0.717, 1.165) is 10.4 Å². The number of hydrogen-bond donors (Lipinski definition) is 2. The highest BCUT2D eigenvalue weighted by atomic mass is 32.2. The average molecular weight is 278 g/mol. The molecule has 1 fully saturated rings. The van der Waals surface area contributed by atoms with Crippen LogP contribution >= 0.6 is 0 Å². The maximum absolute atomic E-state index is 13.5. The molecule has 1 aliphatic heterocycles. The summed E-state index contributed by atoms with van der Waals surface area (Å²) in [7, 11) is -4.09. The predicted molar refractivity (Wildman–Crippen MR) is 60.2 cm³/mol. The number of sulfonamides is 1. The maximum Gasteiger partial charge on any atom is 0.246 e. The van der Waals surface area contributed by atoms with Gasteiger partial charge < -0.3 is 10.8 Å². The van der Waals surface area contributed by atoms with Crippen molar-refractivity contribution >= 4 is 15.7 Å².